The maximum absolute atomic E-state index is 14.2. The van der Waals surface area contributed by atoms with E-state index in [4.69, 9.17) is 0 Å². The van der Waals surface area contributed by atoms with E-state index in [9.17, 15) is 27.6 Å². The van der Waals surface area contributed by atoms with Gasteiger partial charge in [-0.1, -0.05) is 46.3 Å². The van der Waals surface area contributed by atoms with Gasteiger partial charge in [0.15, 0.2) is 5.82 Å². The van der Waals surface area contributed by atoms with Gasteiger partial charge in [0.1, 0.15) is 11.3 Å². The predicted octanol–water partition coefficient (Wildman–Crippen LogP) is 4.59. The normalized spacial score (nSPS) is 14.8. The fourth-order valence-corrected chi connectivity index (χ4v) is 6.00. The summed E-state index contributed by atoms with van der Waals surface area (Å²) >= 11 is 2.92. The molecule has 5 aromatic rings. The Morgan fingerprint density at radius 3 is 2.49 bits per heavy atom. The zero-order chi connectivity index (χ0) is 32.0. The predicted molar refractivity (Wildman–Crippen MR) is 161 cm³/mol. The SMILES string of the molecule is CNC(=O)c1cnc(-n2c(=O)c3c(n4ncc(Cc5ccccc5)c24)CN(C(=O)c2ccc(Br)c(C(F)(F)F)c2)[C@@H](C)C3)cn1. The minimum atomic E-state index is -4.65. The number of amides is 2. The van der Waals surface area contributed by atoms with Crippen LogP contribution in [0.3, 0.4) is 0 Å². The second-order valence-corrected chi connectivity index (χ2v) is 11.5. The number of alkyl halides is 3. The van der Waals surface area contributed by atoms with Gasteiger partial charge in [-0.05, 0) is 37.1 Å². The smallest absolute Gasteiger partial charge is 0.354 e. The fraction of sp³-hybridized carbons (Fsp3) is 0.226. The van der Waals surface area contributed by atoms with E-state index in [-0.39, 0.29) is 34.5 Å². The number of carbonyl (C=O) groups excluding carboxylic acids is 2. The minimum absolute atomic E-state index is 0.0624. The molecule has 14 heteroatoms. The van der Waals surface area contributed by atoms with E-state index < -0.39 is 35.2 Å². The number of nitrogens with one attached hydrogen (secondary N) is 1. The summed E-state index contributed by atoms with van der Waals surface area (Å²) in [6, 6.07) is 12.4. The highest BCUT2D eigenvalue weighted by Gasteiger charge is 2.36. The zero-order valence-corrected chi connectivity index (χ0v) is 25.6. The molecule has 1 atom stereocenters. The Morgan fingerprint density at radius 1 is 1.07 bits per heavy atom. The molecule has 230 valence electrons. The Balaban J connectivity index is 1.49. The fourth-order valence-electron chi connectivity index (χ4n) is 5.53. The number of hydrogen-bond acceptors (Lipinski definition) is 6. The lowest BCUT2D eigenvalue weighted by Gasteiger charge is -2.35. The number of benzene rings is 2. The quantitative estimate of drug-likeness (QED) is 0.291. The first-order valence-corrected chi connectivity index (χ1v) is 14.7. The first-order chi connectivity index (χ1) is 21.5. The first kappa shape index (κ1) is 30.2. The van der Waals surface area contributed by atoms with Crippen LogP contribution >= 0.6 is 15.9 Å². The number of fused-ring (bicyclic) bond motifs is 3. The highest BCUT2D eigenvalue weighted by Crippen LogP contribution is 2.36. The van der Waals surface area contributed by atoms with Crippen LogP contribution in [0, 0.1) is 0 Å². The van der Waals surface area contributed by atoms with Crippen LogP contribution in [0.15, 0.2) is 76.4 Å². The van der Waals surface area contributed by atoms with Crippen LogP contribution < -0.4 is 10.9 Å². The van der Waals surface area contributed by atoms with E-state index in [0.717, 1.165) is 11.6 Å². The monoisotopic (exact) mass is 679 g/mol. The molecular weight excluding hydrogens is 655 g/mol. The van der Waals surface area contributed by atoms with Crippen LogP contribution in [0.5, 0.6) is 0 Å². The highest BCUT2D eigenvalue weighted by molar-refractivity contribution is 9.10. The van der Waals surface area contributed by atoms with Crippen LogP contribution in [0.2, 0.25) is 0 Å². The zero-order valence-electron chi connectivity index (χ0n) is 24.0. The van der Waals surface area contributed by atoms with Gasteiger partial charge in [0, 0.05) is 40.7 Å². The summed E-state index contributed by atoms with van der Waals surface area (Å²) in [4.78, 5) is 50.0. The molecule has 2 aromatic carbocycles. The van der Waals surface area contributed by atoms with Gasteiger partial charge in [-0.15, -0.1) is 0 Å². The van der Waals surface area contributed by atoms with E-state index >= 15 is 0 Å². The number of aromatic nitrogens is 5. The van der Waals surface area contributed by atoms with Gasteiger partial charge >= 0.3 is 6.18 Å². The number of hydrogen-bond donors (Lipinski definition) is 1. The molecule has 0 aliphatic carbocycles. The molecule has 0 saturated heterocycles. The largest absolute Gasteiger partial charge is 0.417 e. The lowest BCUT2D eigenvalue weighted by molar-refractivity contribution is -0.138. The van der Waals surface area contributed by atoms with Gasteiger partial charge in [0.25, 0.3) is 17.4 Å². The van der Waals surface area contributed by atoms with Gasteiger partial charge in [0.2, 0.25) is 0 Å². The molecule has 1 aliphatic heterocycles. The molecule has 1 N–H and O–H groups in total. The molecule has 0 bridgehead atoms. The number of halogens is 4. The molecule has 2 amide bonds. The first-order valence-electron chi connectivity index (χ1n) is 13.9. The van der Waals surface area contributed by atoms with Crippen molar-refractivity contribution in [3.05, 3.63) is 121 Å². The third kappa shape index (κ3) is 5.50. The summed E-state index contributed by atoms with van der Waals surface area (Å²) in [5, 5.41) is 7.10. The van der Waals surface area contributed by atoms with Crippen LogP contribution in [-0.2, 0) is 25.6 Å². The molecule has 4 heterocycles. The third-order valence-corrected chi connectivity index (χ3v) is 8.48. The van der Waals surface area contributed by atoms with Crippen molar-refractivity contribution in [3.63, 3.8) is 0 Å². The number of nitrogens with zero attached hydrogens (tertiary/aromatic N) is 6. The van der Waals surface area contributed by atoms with E-state index in [1.807, 2.05) is 30.3 Å². The highest BCUT2D eigenvalue weighted by atomic mass is 79.9. The molecule has 0 spiro atoms. The summed E-state index contributed by atoms with van der Waals surface area (Å²) in [6.45, 7) is 1.67. The Labute approximate surface area is 262 Å². The van der Waals surface area contributed by atoms with E-state index in [0.29, 0.717) is 28.9 Å². The second-order valence-electron chi connectivity index (χ2n) is 10.7. The summed E-state index contributed by atoms with van der Waals surface area (Å²) in [7, 11) is 1.47. The van der Waals surface area contributed by atoms with Gasteiger partial charge < -0.3 is 10.2 Å². The lowest BCUT2D eigenvalue weighted by Crippen LogP contribution is -2.46. The van der Waals surface area contributed by atoms with Crippen molar-refractivity contribution in [2.24, 2.45) is 0 Å². The molecule has 1 aliphatic rings. The van der Waals surface area contributed by atoms with Crippen molar-refractivity contribution >= 4 is 33.4 Å². The van der Waals surface area contributed by atoms with Gasteiger partial charge in [-0.3, -0.25) is 14.4 Å². The molecule has 0 fully saturated rings. The Morgan fingerprint density at radius 2 is 1.82 bits per heavy atom. The Bertz CT molecular complexity index is 2010. The molecule has 0 unspecified atom stereocenters. The molecule has 0 radical (unpaired) electrons. The maximum Gasteiger partial charge on any atom is 0.417 e. The molecule has 3 aromatic heterocycles. The standard InChI is InChI=1S/C31H25BrF3N7O3/c1-17-10-21-25(16-40(17)29(44)19-8-9-23(32)22(12-19)31(33,34)35)42-28(20(13-39-42)11-18-6-4-3-5-7-18)41(30(21)45)26-15-37-24(14-38-26)27(43)36-2/h3-9,12-15,17H,10-11,16H2,1-2H3,(H,36,43)/t17-/m0/s1. The van der Waals surface area contributed by atoms with Crippen LogP contribution in [0.1, 0.15) is 55.7 Å². The topological polar surface area (TPSA) is 114 Å². The van der Waals surface area contributed by atoms with Crippen molar-refractivity contribution < 1.29 is 22.8 Å². The van der Waals surface area contributed by atoms with E-state index in [1.165, 1.54) is 41.0 Å². The van der Waals surface area contributed by atoms with Gasteiger partial charge in [-0.2, -0.15) is 18.3 Å². The molecule has 6 rings (SSSR count). The maximum atomic E-state index is 14.2. The van der Waals surface area contributed by atoms with Crippen molar-refractivity contribution in [1.82, 2.24) is 34.4 Å². The van der Waals surface area contributed by atoms with Crippen molar-refractivity contribution in [1.29, 1.82) is 0 Å². The molecule has 10 nitrogen and oxygen atoms in total. The Kier molecular flexibility index (Phi) is 7.77. The average molecular weight is 680 g/mol. The summed E-state index contributed by atoms with van der Waals surface area (Å²) < 4.78 is 43.6. The summed E-state index contributed by atoms with van der Waals surface area (Å²) in [5.41, 5.74) is 1.49. The second kappa shape index (κ2) is 11.6. The van der Waals surface area contributed by atoms with Crippen molar-refractivity contribution in [2.45, 2.75) is 38.5 Å². The molecule has 0 saturated carbocycles. The number of rotatable bonds is 5. The summed E-state index contributed by atoms with van der Waals surface area (Å²) in [6.07, 6.45) is 0.143. The van der Waals surface area contributed by atoms with Crippen molar-refractivity contribution in [3.8, 4) is 5.82 Å². The average Bonchev–Trinajstić information content (AvgIpc) is 3.43. The minimum Gasteiger partial charge on any atom is -0.354 e. The van der Waals surface area contributed by atoms with Crippen LogP contribution in [0.25, 0.3) is 11.5 Å². The third-order valence-electron chi connectivity index (χ3n) is 7.79. The lowest BCUT2D eigenvalue weighted by atomic mass is 9.98. The van der Waals surface area contributed by atoms with Crippen molar-refractivity contribution in [2.75, 3.05) is 7.05 Å². The number of carbonyl (C=O) groups is 2. The Hall–Kier alpha value is -4.85. The van der Waals surface area contributed by atoms with E-state index in [1.54, 1.807) is 17.6 Å². The molecule has 45 heavy (non-hydrogen) atoms. The van der Waals surface area contributed by atoms with Gasteiger partial charge in [0.05, 0.1) is 36.4 Å². The van der Waals surface area contributed by atoms with Gasteiger partial charge in [-0.25, -0.2) is 19.1 Å². The van der Waals surface area contributed by atoms with E-state index in [2.05, 4.69) is 36.3 Å². The molecular formula is C31H25BrF3N7O3. The van der Waals surface area contributed by atoms with Crippen LogP contribution in [-0.4, -0.2) is 54.0 Å². The summed E-state index contributed by atoms with van der Waals surface area (Å²) in [5.74, 6) is -0.857. The van der Waals surface area contributed by atoms with Crippen LogP contribution in [0.4, 0.5) is 13.2 Å².